The summed E-state index contributed by atoms with van der Waals surface area (Å²) < 4.78 is 47.7. The third kappa shape index (κ3) is 7.10. The summed E-state index contributed by atoms with van der Waals surface area (Å²) >= 11 is 0. The van der Waals surface area contributed by atoms with Crippen LogP contribution in [0, 0.1) is 6.92 Å². The van der Waals surface area contributed by atoms with Gasteiger partial charge in [0, 0.05) is 18.3 Å². The standard InChI is InChI=1S/C28H30F3N7O3/c1-16-20(11-18(13-33-16)22-12-21(28(29,30)31)23-24(32)35-15-36-38(22)23)25(39)34-14-19(10-17-8-6-5-7-9-17)37-26(40)41-27(2,3)4/h5-9,11-13,15,19H,10,14H2,1-4H3,(H,34,39)(H,37,40)(H2,32,35,36). The number of benzene rings is 1. The minimum atomic E-state index is -4.71. The van der Waals surface area contributed by atoms with Crippen LogP contribution in [-0.2, 0) is 17.3 Å². The van der Waals surface area contributed by atoms with Gasteiger partial charge in [0.2, 0.25) is 0 Å². The second-order valence-corrected chi connectivity index (χ2v) is 10.4. The maximum Gasteiger partial charge on any atom is 0.418 e. The first-order valence-corrected chi connectivity index (χ1v) is 12.7. The van der Waals surface area contributed by atoms with Crippen molar-refractivity contribution in [3.63, 3.8) is 0 Å². The number of amides is 2. The van der Waals surface area contributed by atoms with E-state index in [4.69, 9.17) is 10.5 Å². The van der Waals surface area contributed by atoms with Crippen molar-refractivity contribution in [2.24, 2.45) is 0 Å². The first kappa shape index (κ1) is 29.3. The van der Waals surface area contributed by atoms with Gasteiger partial charge in [-0.05, 0) is 51.8 Å². The largest absolute Gasteiger partial charge is 0.444 e. The molecule has 0 aliphatic carbocycles. The van der Waals surface area contributed by atoms with Crippen molar-refractivity contribution in [2.45, 2.75) is 51.9 Å². The number of ether oxygens (including phenoxy) is 1. The fourth-order valence-electron chi connectivity index (χ4n) is 4.25. The number of nitrogens with zero attached hydrogens (tertiary/aromatic N) is 4. The molecule has 3 heterocycles. The summed E-state index contributed by atoms with van der Waals surface area (Å²) in [6.45, 7) is 6.89. The summed E-state index contributed by atoms with van der Waals surface area (Å²) in [6.07, 6.45) is -2.53. The maximum absolute atomic E-state index is 13.8. The molecule has 0 saturated carbocycles. The molecule has 0 saturated heterocycles. The molecular weight excluding hydrogens is 539 g/mol. The number of alkyl halides is 3. The Morgan fingerprint density at radius 2 is 1.80 bits per heavy atom. The highest BCUT2D eigenvalue weighted by atomic mass is 19.4. The minimum absolute atomic E-state index is 0.0384. The second kappa shape index (κ2) is 11.4. The first-order chi connectivity index (χ1) is 19.2. The van der Waals surface area contributed by atoms with Crippen LogP contribution in [0.1, 0.15) is 48.0 Å². The van der Waals surface area contributed by atoms with E-state index in [9.17, 15) is 22.8 Å². The number of hydrogen-bond acceptors (Lipinski definition) is 7. The van der Waals surface area contributed by atoms with Gasteiger partial charge in [0.1, 0.15) is 17.4 Å². The van der Waals surface area contributed by atoms with Crippen LogP contribution in [0.2, 0.25) is 0 Å². The molecule has 0 bridgehead atoms. The Labute approximate surface area is 234 Å². The number of halogens is 3. The molecule has 0 aliphatic heterocycles. The van der Waals surface area contributed by atoms with Crippen LogP contribution >= 0.6 is 0 Å². The smallest absolute Gasteiger partial charge is 0.418 e. The average Bonchev–Trinajstić information content (AvgIpc) is 3.29. The normalized spacial score (nSPS) is 12.7. The molecule has 10 nitrogen and oxygen atoms in total. The van der Waals surface area contributed by atoms with E-state index in [1.165, 1.54) is 12.3 Å². The highest BCUT2D eigenvalue weighted by Gasteiger charge is 2.36. The fraction of sp³-hybridized carbons (Fsp3) is 0.321. The maximum atomic E-state index is 13.8. The molecule has 4 rings (SSSR count). The van der Waals surface area contributed by atoms with Crippen molar-refractivity contribution < 1.29 is 27.5 Å². The Bertz CT molecular complexity index is 1560. The molecule has 0 spiro atoms. The number of aromatic nitrogens is 4. The molecular formula is C28H30F3N7O3. The van der Waals surface area contributed by atoms with Crippen LogP contribution in [0.25, 0.3) is 16.8 Å². The van der Waals surface area contributed by atoms with Crippen LogP contribution in [0.4, 0.5) is 23.8 Å². The van der Waals surface area contributed by atoms with Gasteiger partial charge in [-0.3, -0.25) is 9.78 Å². The summed E-state index contributed by atoms with van der Waals surface area (Å²) in [5, 5.41) is 9.54. The summed E-state index contributed by atoms with van der Waals surface area (Å²) in [6, 6.07) is 11.2. The van der Waals surface area contributed by atoms with Crippen molar-refractivity contribution in [3.8, 4) is 11.3 Å². The zero-order chi connectivity index (χ0) is 29.9. The van der Waals surface area contributed by atoms with Crippen molar-refractivity contribution in [3.05, 3.63) is 77.4 Å². The number of alkyl carbamates (subject to hydrolysis) is 1. The lowest BCUT2D eigenvalue weighted by Gasteiger charge is -2.24. The van der Waals surface area contributed by atoms with Gasteiger partial charge in [-0.25, -0.2) is 14.3 Å². The number of nitrogens with one attached hydrogen (secondary N) is 2. The van der Waals surface area contributed by atoms with E-state index in [0.29, 0.717) is 12.1 Å². The minimum Gasteiger partial charge on any atom is -0.444 e. The molecule has 0 radical (unpaired) electrons. The first-order valence-electron chi connectivity index (χ1n) is 12.7. The van der Waals surface area contributed by atoms with Crippen LogP contribution in [0.15, 0.2) is 55.0 Å². The highest BCUT2D eigenvalue weighted by Crippen LogP contribution is 2.38. The van der Waals surface area contributed by atoms with E-state index < -0.39 is 40.9 Å². The second-order valence-electron chi connectivity index (χ2n) is 10.4. The van der Waals surface area contributed by atoms with Crippen LogP contribution in [0.5, 0.6) is 0 Å². The SMILES string of the molecule is Cc1ncc(-c2cc(C(F)(F)F)c3c(N)ncnn23)cc1C(=O)NCC(Cc1ccccc1)NC(=O)OC(C)(C)C. The fourth-order valence-corrected chi connectivity index (χ4v) is 4.25. The molecule has 0 fully saturated rings. The topological polar surface area (TPSA) is 137 Å². The lowest BCUT2D eigenvalue weighted by molar-refractivity contribution is -0.136. The zero-order valence-electron chi connectivity index (χ0n) is 22.9. The number of carbonyl (C=O) groups is 2. The number of pyridine rings is 1. The lowest BCUT2D eigenvalue weighted by Crippen LogP contribution is -2.46. The van der Waals surface area contributed by atoms with Gasteiger partial charge in [0.25, 0.3) is 5.91 Å². The van der Waals surface area contributed by atoms with Gasteiger partial charge in [0.05, 0.1) is 28.6 Å². The van der Waals surface area contributed by atoms with E-state index in [2.05, 4.69) is 25.7 Å². The van der Waals surface area contributed by atoms with E-state index in [0.717, 1.165) is 22.5 Å². The summed E-state index contributed by atoms with van der Waals surface area (Å²) in [4.78, 5) is 33.7. The van der Waals surface area contributed by atoms with Crippen molar-refractivity contribution in [1.82, 2.24) is 30.2 Å². The molecule has 4 N–H and O–H groups in total. The molecule has 1 unspecified atom stereocenters. The van der Waals surface area contributed by atoms with Gasteiger partial charge in [-0.15, -0.1) is 0 Å². The van der Waals surface area contributed by atoms with Crippen molar-refractivity contribution in [1.29, 1.82) is 0 Å². The summed E-state index contributed by atoms with van der Waals surface area (Å²) in [7, 11) is 0. The Morgan fingerprint density at radius 1 is 1.10 bits per heavy atom. The Kier molecular flexibility index (Phi) is 8.17. The Morgan fingerprint density at radius 3 is 2.46 bits per heavy atom. The Balaban J connectivity index is 1.60. The highest BCUT2D eigenvalue weighted by molar-refractivity contribution is 5.96. The zero-order valence-corrected chi connectivity index (χ0v) is 22.9. The number of nitrogens with two attached hydrogens (primary N) is 1. The van der Waals surface area contributed by atoms with Gasteiger partial charge in [-0.2, -0.15) is 18.3 Å². The van der Waals surface area contributed by atoms with Crippen LogP contribution in [0.3, 0.4) is 0 Å². The number of aryl methyl sites for hydroxylation is 1. The van der Waals surface area contributed by atoms with E-state index in [1.54, 1.807) is 27.7 Å². The molecule has 13 heteroatoms. The molecule has 41 heavy (non-hydrogen) atoms. The molecule has 3 aromatic heterocycles. The van der Waals surface area contributed by atoms with E-state index in [1.807, 2.05) is 30.3 Å². The van der Waals surface area contributed by atoms with Gasteiger partial charge < -0.3 is 21.1 Å². The molecule has 4 aromatic rings. The molecule has 216 valence electrons. The predicted octanol–water partition coefficient (Wildman–Crippen LogP) is 4.57. The van der Waals surface area contributed by atoms with Gasteiger partial charge >= 0.3 is 12.3 Å². The number of fused-ring (bicyclic) bond motifs is 1. The third-order valence-corrected chi connectivity index (χ3v) is 6.07. The molecule has 2 amide bonds. The molecule has 1 atom stereocenters. The average molecular weight is 570 g/mol. The quantitative estimate of drug-likeness (QED) is 0.297. The van der Waals surface area contributed by atoms with Crippen molar-refractivity contribution >= 4 is 23.3 Å². The van der Waals surface area contributed by atoms with Crippen LogP contribution in [-0.4, -0.2) is 49.8 Å². The molecule has 1 aromatic carbocycles. The Hall–Kier alpha value is -4.68. The monoisotopic (exact) mass is 569 g/mol. The summed E-state index contributed by atoms with van der Waals surface area (Å²) in [5.74, 6) is -0.856. The number of carbonyl (C=O) groups excluding carboxylic acids is 2. The molecule has 0 aliphatic rings. The van der Waals surface area contributed by atoms with Crippen molar-refractivity contribution in [2.75, 3.05) is 12.3 Å². The van der Waals surface area contributed by atoms with Gasteiger partial charge in [-0.1, -0.05) is 30.3 Å². The third-order valence-electron chi connectivity index (χ3n) is 6.07. The van der Waals surface area contributed by atoms with E-state index in [-0.39, 0.29) is 29.2 Å². The predicted molar refractivity (Wildman–Crippen MR) is 146 cm³/mol. The number of rotatable bonds is 7. The number of anilines is 1. The lowest BCUT2D eigenvalue weighted by atomic mass is 10.1. The van der Waals surface area contributed by atoms with Crippen LogP contribution < -0.4 is 16.4 Å². The van der Waals surface area contributed by atoms with E-state index >= 15 is 0 Å². The number of nitrogen functional groups attached to an aromatic ring is 1. The number of hydrogen-bond donors (Lipinski definition) is 3. The van der Waals surface area contributed by atoms with Gasteiger partial charge in [0.15, 0.2) is 5.82 Å². The summed E-state index contributed by atoms with van der Waals surface area (Å²) in [5.41, 5.74) is 5.34.